The highest BCUT2D eigenvalue weighted by atomic mass is 14.7. The lowest BCUT2D eigenvalue weighted by molar-refractivity contribution is -0.0711. The van der Waals surface area contributed by atoms with Crippen LogP contribution in [0.15, 0.2) is 60.7 Å². The zero-order chi connectivity index (χ0) is 17.6. The van der Waals surface area contributed by atoms with Crippen molar-refractivity contribution in [3.63, 3.8) is 0 Å². The minimum Gasteiger partial charge on any atom is -0.118 e. The largest absolute Gasteiger partial charge is 0.118 e. The summed E-state index contributed by atoms with van der Waals surface area (Å²) in [4.78, 5) is 0. The number of terminal acetylenes is 1. The standard InChI is InChI=1S/C26H24/c1-2-25(14-13-20-9-5-3-6-10-20)24-16-21-15-22(17-24)19-26(25,18-21)23-11-7-4-8-12-23/h1,3-12,21-22,24H,15-19H2. The van der Waals surface area contributed by atoms with Crippen molar-refractivity contribution < 1.29 is 0 Å². The first-order valence-corrected chi connectivity index (χ1v) is 9.87. The van der Waals surface area contributed by atoms with E-state index in [4.69, 9.17) is 6.42 Å². The number of hydrogen-bond donors (Lipinski definition) is 0. The highest BCUT2D eigenvalue weighted by Crippen LogP contribution is 2.68. The van der Waals surface area contributed by atoms with E-state index in [0.717, 1.165) is 17.4 Å². The van der Waals surface area contributed by atoms with Gasteiger partial charge in [-0.25, -0.2) is 0 Å². The molecular weight excluding hydrogens is 312 g/mol. The molecule has 26 heavy (non-hydrogen) atoms. The average Bonchev–Trinajstić information content (AvgIpc) is 2.69. The third-order valence-electron chi connectivity index (χ3n) is 7.28. The lowest BCUT2D eigenvalue weighted by atomic mass is 9.37. The van der Waals surface area contributed by atoms with Gasteiger partial charge in [-0.2, -0.15) is 0 Å². The van der Waals surface area contributed by atoms with E-state index in [1.54, 1.807) is 0 Å². The molecule has 0 heterocycles. The smallest absolute Gasteiger partial charge is 0.104 e. The second-order valence-electron chi connectivity index (χ2n) is 8.56. The van der Waals surface area contributed by atoms with E-state index in [-0.39, 0.29) is 10.8 Å². The van der Waals surface area contributed by atoms with Crippen LogP contribution in [0.4, 0.5) is 0 Å². The van der Waals surface area contributed by atoms with Crippen molar-refractivity contribution in [1.82, 2.24) is 0 Å². The van der Waals surface area contributed by atoms with E-state index in [1.807, 2.05) is 6.07 Å². The maximum atomic E-state index is 6.32. The zero-order valence-electron chi connectivity index (χ0n) is 15.1. The molecule has 0 radical (unpaired) electrons. The summed E-state index contributed by atoms with van der Waals surface area (Å²) < 4.78 is 0. The average molecular weight is 336 g/mol. The van der Waals surface area contributed by atoms with Crippen LogP contribution in [0.2, 0.25) is 0 Å². The van der Waals surface area contributed by atoms with Crippen molar-refractivity contribution in [3.05, 3.63) is 71.8 Å². The van der Waals surface area contributed by atoms with Crippen LogP contribution < -0.4 is 0 Å². The Bertz CT molecular complexity index is 891. The summed E-state index contributed by atoms with van der Waals surface area (Å²) in [5.41, 5.74) is 2.18. The second-order valence-corrected chi connectivity index (χ2v) is 8.56. The SMILES string of the molecule is C#CC1(C#Cc2ccccc2)C2CC3CC(C2)CC1(c1ccccc1)C3. The van der Waals surface area contributed by atoms with Gasteiger partial charge in [-0.3, -0.25) is 0 Å². The van der Waals surface area contributed by atoms with Crippen LogP contribution >= 0.6 is 0 Å². The molecule has 0 aliphatic heterocycles. The zero-order valence-corrected chi connectivity index (χ0v) is 15.1. The normalized spacial score (nSPS) is 36.8. The Morgan fingerprint density at radius 1 is 0.808 bits per heavy atom. The third kappa shape index (κ3) is 2.12. The molecule has 3 unspecified atom stereocenters. The first-order chi connectivity index (χ1) is 12.8. The summed E-state index contributed by atoms with van der Waals surface area (Å²) in [7, 11) is 0. The van der Waals surface area contributed by atoms with Crippen LogP contribution in [0.1, 0.15) is 43.2 Å². The van der Waals surface area contributed by atoms with Gasteiger partial charge in [-0.1, -0.05) is 66.3 Å². The van der Waals surface area contributed by atoms with Gasteiger partial charge in [-0.05, 0) is 67.6 Å². The van der Waals surface area contributed by atoms with Crippen molar-refractivity contribution in [3.8, 4) is 24.2 Å². The van der Waals surface area contributed by atoms with Crippen molar-refractivity contribution in [2.24, 2.45) is 23.2 Å². The fourth-order valence-corrected chi connectivity index (χ4v) is 6.46. The maximum absolute atomic E-state index is 6.32. The van der Waals surface area contributed by atoms with Crippen LogP contribution in [-0.4, -0.2) is 0 Å². The Morgan fingerprint density at radius 2 is 1.42 bits per heavy atom. The summed E-state index contributed by atoms with van der Waals surface area (Å²) in [5.74, 6) is 12.7. The summed E-state index contributed by atoms with van der Waals surface area (Å²) in [5, 5.41) is 0. The summed E-state index contributed by atoms with van der Waals surface area (Å²) >= 11 is 0. The second kappa shape index (κ2) is 5.79. The molecule has 0 saturated heterocycles. The fraction of sp³-hybridized carbons (Fsp3) is 0.385. The minimum atomic E-state index is -0.336. The Kier molecular flexibility index (Phi) is 3.52. The Morgan fingerprint density at radius 3 is 2.04 bits per heavy atom. The van der Waals surface area contributed by atoms with Crippen molar-refractivity contribution in [1.29, 1.82) is 0 Å². The Labute approximate surface area is 157 Å². The van der Waals surface area contributed by atoms with Crippen LogP contribution in [0.5, 0.6) is 0 Å². The maximum Gasteiger partial charge on any atom is 0.104 e. The molecular formula is C26H24. The van der Waals surface area contributed by atoms with E-state index in [9.17, 15) is 0 Å². The molecule has 4 bridgehead atoms. The van der Waals surface area contributed by atoms with Gasteiger partial charge in [0.15, 0.2) is 0 Å². The lowest BCUT2D eigenvalue weighted by Gasteiger charge is -2.64. The molecule has 0 N–H and O–H groups in total. The van der Waals surface area contributed by atoms with Crippen LogP contribution in [0.3, 0.4) is 0 Å². The summed E-state index contributed by atoms with van der Waals surface area (Å²) in [6.45, 7) is 0. The van der Waals surface area contributed by atoms with Crippen molar-refractivity contribution in [2.45, 2.75) is 37.5 Å². The monoisotopic (exact) mass is 336 g/mol. The molecule has 4 fully saturated rings. The van der Waals surface area contributed by atoms with Gasteiger partial charge in [0.2, 0.25) is 0 Å². The highest BCUT2D eigenvalue weighted by molar-refractivity contribution is 5.48. The molecule has 2 aromatic carbocycles. The Hall–Kier alpha value is -2.44. The molecule has 6 rings (SSSR count). The van der Waals surface area contributed by atoms with Gasteiger partial charge in [0.25, 0.3) is 0 Å². The van der Waals surface area contributed by atoms with Gasteiger partial charge in [-0.15, -0.1) is 6.42 Å². The number of hydrogen-bond acceptors (Lipinski definition) is 0. The summed E-state index contributed by atoms with van der Waals surface area (Å²) in [6, 6.07) is 21.3. The molecule has 4 aliphatic rings. The van der Waals surface area contributed by atoms with Gasteiger partial charge in [0.05, 0.1) is 0 Å². The molecule has 0 spiro atoms. The van der Waals surface area contributed by atoms with E-state index >= 15 is 0 Å². The number of benzene rings is 2. The quantitative estimate of drug-likeness (QED) is 0.609. The molecule has 0 amide bonds. The van der Waals surface area contributed by atoms with Crippen LogP contribution in [-0.2, 0) is 5.41 Å². The van der Waals surface area contributed by atoms with Crippen molar-refractivity contribution in [2.75, 3.05) is 0 Å². The van der Waals surface area contributed by atoms with Gasteiger partial charge < -0.3 is 0 Å². The van der Waals surface area contributed by atoms with Crippen LogP contribution in [0.25, 0.3) is 0 Å². The molecule has 128 valence electrons. The molecule has 3 atom stereocenters. The van der Waals surface area contributed by atoms with Gasteiger partial charge >= 0.3 is 0 Å². The minimum absolute atomic E-state index is 0.0273. The van der Waals surface area contributed by atoms with E-state index in [2.05, 4.69) is 72.4 Å². The first kappa shape index (κ1) is 15.8. The van der Waals surface area contributed by atoms with E-state index in [0.29, 0.717) is 5.92 Å². The highest BCUT2D eigenvalue weighted by Gasteiger charge is 2.65. The predicted molar refractivity (Wildman–Crippen MR) is 106 cm³/mol. The summed E-state index contributed by atoms with van der Waals surface area (Å²) in [6.07, 6.45) is 12.7. The molecule has 0 aromatic heterocycles. The van der Waals surface area contributed by atoms with Crippen molar-refractivity contribution >= 4 is 0 Å². The lowest BCUT2D eigenvalue weighted by Crippen LogP contribution is -2.61. The molecule has 4 aliphatic carbocycles. The van der Waals surface area contributed by atoms with Gasteiger partial charge in [0.1, 0.15) is 5.41 Å². The van der Waals surface area contributed by atoms with E-state index < -0.39 is 0 Å². The van der Waals surface area contributed by atoms with Crippen LogP contribution in [0, 0.1) is 47.4 Å². The fourth-order valence-electron chi connectivity index (χ4n) is 6.46. The molecule has 0 nitrogen and oxygen atoms in total. The molecule has 0 heteroatoms. The molecule has 4 saturated carbocycles. The van der Waals surface area contributed by atoms with E-state index in [1.165, 1.54) is 37.7 Å². The number of rotatable bonds is 1. The molecule has 2 aromatic rings. The van der Waals surface area contributed by atoms with Gasteiger partial charge in [0, 0.05) is 11.0 Å². The Balaban J connectivity index is 1.70. The topological polar surface area (TPSA) is 0 Å². The third-order valence-corrected chi connectivity index (χ3v) is 7.28. The predicted octanol–water partition coefficient (Wildman–Crippen LogP) is 5.44. The first-order valence-electron chi connectivity index (χ1n) is 9.87.